The molecule has 1 unspecified atom stereocenters. The Kier molecular flexibility index (Phi) is 5.80. The normalized spacial score (nSPS) is 13.7. The SMILES string of the molecule is CCC(O)CCNS(=O)(=O)c1ccc(CNC)o1. The van der Waals surface area contributed by atoms with E-state index in [0.29, 0.717) is 25.1 Å². The maximum Gasteiger partial charge on any atom is 0.273 e. The molecule has 0 fully saturated rings. The first-order chi connectivity index (χ1) is 8.49. The van der Waals surface area contributed by atoms with Crippen LogP contribution in [0.2, 0.25) is 0 Å². The van der Waals surface area contributed by atoms with Gasteiger partial charge in [0.15, 0.2) is 0 Å². The molecule has 0 bridgehead atoms. The van der Waals surface area contributed by atoms with Crippen LogP contribution in [0.3, 0.4) is 0 Å². The number of furan rings is 1. The molecule has 18 heavy (non-hydrogen) atoms. The average Bonchev–Trinajstić information content (AvgIpc) is 2.78. The number of hydrogen-bond donors (Lipinski definition) is 3. The number of aliphatic hydroxyl groups excluding tert-OH is 1. The summed E-state index contributed by atoms with van der Waals surface area (Å²) >= 11 is 0. The zero-order valence-electron chi connectivity index (χ0n) is 10.6. The number of sulfonamides is 1. The quantitative estimate of drug-likeness (QED) is 0.641. The van der Waals surface area contributed by atoms with Gasteiger partial charge in [-0.3, -0.25) is 0 Å². The first kappa shape index (κ1) is 15.2. The Bertz CT molecular complexity index is 455. The third kappa shape index (κ3) is 4.41. The van der Waals surface area contributed by atoms with E-state index in [-0.39, 0.29) is 11.6 Å². The molecule has 0 aromatic carbocycles. The third-order valence-electron chi connectivity index (χ3n) is 2.49. The third-order valence-corrected chi connectivity index (χ3v) is 3.83. The summed E-state index contributed by atoms with van der Waals surface area (Å²) in [6.07, 6.45) is 0.512. The Balaban J connectivity index is 2.56. The Morgan fingerprint density at radius 3 is 2.78 bits per heavy atom. The lowest BCUT2D eigenvalue weighted by atomic mass is 10.2. The predicted molar refractivity (Wildman–Crippen MR) is 67.6 cm³/mol. The summed E-state index contributed by atoms with van der Waals surface area (Å²) in [4.78, 5) is 0. The summed E-state index contributed by atoms with van der Waals surface area (Å²) in [5.74, 6) is 0.562. The number of hydrogen-bond acceptors (Lipinski definition) is 5. The van der Waals surface area contributed by atoms with Crippen LogP contribution in [0.1, 0.15) is 25.5 Å². The fourth-order valence-corrected chi connectivity index (χ4v) is 2.40. The van der Waals surface area contributed by atoms with Gasteiger partial charge in [-0.15, -0.1) is 0 Å². The maximum absolute atomic E-state index is 11.8. The maximum atomic E-state index is 11.8. The predicted octanol–water partition coefficient (Wildman–Crippen LogP) is 0.438. The lowest BCUT2D eigenvalue weighted by Crippen LogP contribution is -2.26. The van der Waals surface area contributed by atoms with Gasteiger partial charge in [0, 0.05) is 6.54 Å². The molecule has 1 aromatic heterocycles. The van der Waals surface area contributed by atoms with Crippen molar-refractivity contribution in [2.24, 2.45) is 0 Å². The highest BCUT2D eigenvalue weighted by atomic mass is 32.2. The Hall–Kier alpha value is -0.890. The van der Waals surface area contributed by atoms with Crippen LogP contribution >= 0.6 is 0 Å². The van der Waals surface area contributed by atoms with E-state index in [1.807, 2.05) is 6.92 Å². The zero-order valence-corrected chi connectivity index (χ0v) is 11.5. The minimum absolute atomic E-state index is 0.0984. The molecule has 0 amide bonds. The molecule has 1 rings (SSSR count). The van der Waals surface area contributed by atoms with Gasteiger partial charge in [0.05, 0.1) is 12.6 Å². The van der Waals surface area contributed by atoms with Crippen molar-refractivity contribution in [1.29, 1.82) is 0 Å². The van der Waals surface area contributed by atoms with Crippen LogP contribution in [0.5, 0.6) is 0 Å². The summed E-state index contributed by atoms with van der Waals surface area (Å²) in [5, 5.41) is 12.1. The van der Waals surface area contributed by atoms with Crippen molar-refractivity contribution in [3.8, 4) is 0 Å². The van der Waals surface area contributed by atoms with E-state index in [9.17, 15) is 13.5 Å². The lowest BCUT2D eigenvalue weighted by molar-refractivity contribution is 0.162. The van der Waals surface area contributed by atoms with Crippen molar-refractivity contribution < 1.29 is 17.9 Å². The standard InChI is InChI=1S/C11H20N2O4S/c1-3-9(14)6-7-13-18(15,16)11-5-4-10(17-11)8-12-2/h4-5,9,12-14H,3,6-8H2,1-2H3. The van der Waals surface area contributed by atoms with Crippen molar-refractivity contribution in [3.63, 3.8) is 0 Å². The van der Waals surface area contributed by atoms with Crippen LogP contribution in [0.25, 0.3) is 0 Å². The van der Waals surface area contributed by atoms with Crippen molar-refractivity contribution in [2.75, 3.05) is 13.6 Å². The molecule has 1 heterocycles. The monoisotopic (exact) mass is 276 g/mol. The largest absolute Gasteiger partial charge is 0.447 e. The van der Waals surface area contributed by atoms with Gasteiger partial charge in [-0.2, -0.15) is 0 Å². The first-order valence-electron chi connectivity index (χ1n) is 5.90. The van der Waals surface area contributed by atoms with Crippen LogP contribution in [-0.2, 0) is 16.6 Å². The fourth-order valence-electron chi connectivity index (χ4n) is 1.41. The van der Waals surface area contributed by atoms with Crippen molar-refractivity contribution >= 4 is 10.0 Å². The summed E-state index contributed by atoms with van der Waals surface area (Å²) in [6.45, 7) is 2.51. The number of rotatable bonds is 8. The van der Waals surface area contributed by atoms with Crippen LogP contribution in [0, 0.1) is 0 Å². The molecular formula is C11H20N2O4S. The number of nitrogens with one attached hydrogen (secondary N) is 2. The molecule has 1 atom stereocenters. The minimum Gasteiger partial charge on any atom is -0.447 e. The molecule has 0 saturated heterocycles. The summed E-state index contributed by atoms with van der Waals surface area (Å²) in [7, 11) is -1.87. The minimum atomic E-state index is -3.62. The van der Waals surface area contributed by atoms with E-state index in [2.05, 4.69) is 10.0 Å². The summed E-state index contributed by atoms with van der Waals surface area (Å²) in [6, 6.07) is 3.04. The van der Waals surface area contributed by atoms with E-state index in [1.54, 1.807) is 13.1 Å². The van der Waals surface area contributed by atoms with E-state index in [0.717, 1.165) is 0 Å². The van der Waals surface area contributed by atoms with E-state index >= 15 is 0 Å². The van der Waals surface area contributed by atoms with Gasteiger partial charge in [-0.05, 0) is 32.0 Å². The van der Waals surface area contributed by atoms with Crippen molar-refractivity contribution in [3.05, 3.63) is 17.9 Å². The van der Waals surface area contributed by atoms with Gasteiger partial charge in [0.1, 0.15) is 5.76 Å². The second kappa shape index (κ2) is 6.89. The highest BCUT2D eigenvalue weighted by Crippen LogP contribution is 2.13. The molecule has 0 aliphatic rings. The molecule has 0 radical (unpaired) electrons. The van der Waals surface area contributed by atoms with Crippen LogP contribution < -0.4 is 10.0 Å². The van der Waals surface area contributed by atoms with Gasteiger partial charge in [0.25, 0.3) is 10.0 Å². The molecular weight excluding hydrogens is 256 g/mol. The van der Waals surface area contributed by atoms with Gasteiger partial charge >= 0.3 is 0 Å². The molecule has 6 nitrogen and oxygen atoms in total. The first-order valence-corrected chi connectivity index (χ1v) is 7.39. The van der Waals surface area contributed by atoms with Crippen LogP contribution in [-0.4, -0.2) is 33.2 Å². The molecule has 7 heteroatoms. The average molecular weight is 276 g/mol. The molecule has 3 N–H and O–H groups in total. The van der Waals surface area contributed by atoms with Gasteiger partial charge in [-0.1, -0.05) is 6.92 Å². The van der Waals surface area contributed by atoms with E-state index in [1.165, 1.54) is 6.07 Å². The van der Waals surface area contributed by atoms with E-state index < -0.39 is 16.1 Å². The molecule has 0 aliphatic carbocycles. The smallest absolute Gasteiger partial charge is 0.273 e. The van der Waals surface area contributed by atoms with Crippen LogP contribution in [0.15, 0.2) is 21.6 Å². The van der Waals surface area contributed by atoms with E-state index in [4.69, 9.17) is 4.42 Å². The van der Waals surface area contributed by atoms with Crippen molar-refractivity contribution in [1.82, 2.24) is 10.0 Å². The molecule has 0 saturated carbocycles. The van der Waals surface area contributed by atoms with Gasteiger partial charge in [-0.25, -0.2) is 13.1 Å². The topological polar surface area (TPSA) is 91.6 Å². The second-order valence-corrected chi connectivity index (χ2v) is 5.70. The van der Waals surface area contributed by atoms with Crippen molar-refractivity contribution in [2.45, 2.75) is 37.5 Å². The summed E-state index contributed by atoms with van der Waals surface area (Å²) in [5.41, 5.74) is 0. The van der Waals surface area contributed by atoms with Crippen LogP contribution in [0.4, 0.5) is 0 Å². The van der Waals surface area contributed by atoms with Gasteiger partial charge in [0.2, 0.25) is 5.09 Å². The molecule has 104 valence electrons. The Morgan fingerprint density at radius 2 is 2.17 bits per heavy atom. The molecule has 0 aliphatic heterocycles. The Labute approximate surface area is 107 Å². The highest BCUT2D eigenvalue weighted by molar-refractivity contribution is 7.89. The second-order valence-electron chi connectivity index (χ2n) is 4.00. The molecule has 0 spiro atoms. The van der Waals surface area contributed by atoms with Gasteiger partial charge < -0.3 is 14.8 Å². The fraction of sp³-hybridized carbons (Fsp3) is 0.636. The summed E-state index contributed by atoms with van der Waals surface area (Å²) < 4.78 is 31.2. The zero-order chi connectivity index (χ0) is 13.6. The molecule has 1 aromatic rings. The highest BCUT2D eigenvalue weighted by Gasteiger charge is 2.18. The number of aliphatic hydroxyl groups is 1. The Morgan fingerprint density at radius 1 is 1.44 bits per heavy atom. The lowest BCUT2D eigenvalue weighted by Gasteiger charge is -2.08.